The van der Waals surface area contributed by atoms with Gasteiger partial charge in [0.1, 0.15) is 5.69 Å². The van der Waals surface area contributed by atoms with Crippen LogP contribution in [0.4, 0.5) is 0 Å². The lowest BCUT2D eigenvalue weighted by Crippen LogP contribution is -2.46. The minimum Gasteiger partial charge on any atom is -0.481 e. The second kappa shape index (κ2) is 5.62. The third-order valence-corrected chi connectivity index (χ3v) is 3.73. The van der Waals surface area contributed by atoms with Crippen molar-refractivity contribution in [3.05, 3.63) is 17.5 Å². The van der Waals surface area contributed by atoms with Crippen LogP contribution >= 0.6 is 0 Å². The van der Waals surface area contributed by atoms with Gasteiger partial charge >= 0.3 is 5.97 Å². The third-order valence-electron chi connectivity index (χ3n) is 3.73. The fourth-order valence-corrected chi connectivity index (χ4v) is 2.39. The van der Waals surface area contributed by atoms with Gasteiger partial charge in [0, 0.05) is 26.8 Å². The van der Waals surface area contributed by atoms with Crippen LogP contribution in [-0.4, -0.2) is 46.5 Å². The predicted molar refractivity (Wildman–Crippen MR) is 70.4 cm³/mol. The van der Waals surface area contributed by atoms with E-state index < -0.39 is 11.4 Å². The van der Waals surface area contributed by atoms with Gasteiger partial charge in [0.2, 0.25) is 0 Å². The molecule has 110 valence electrons. The topological polar surface area (TPSA) is 93.5 Å². The van der Waals surface area contributed by atoms with E-state index in [1.807, 2.05) is 0 Å². The Morgan fingerprint density at radius 3 is 2.65 bits per heavy atom. The van der Waals surface area contributed by atoms with Crippen LogP contribution in [0.1, 0.15) is 29.0 Å². The Morgan fingerprint density at radius 1 is 1.50 bits per heavy atom. The van der Waals surface area contributed by atoms with E-state index in [4.69, 9.17) is 4.74 Å². The van der Waals surface area contributed by atoms with Crippen LogP contribution < -0.4 is 5.32 Å². The highest BCUT2D eigenvalue weighted by Gasteiger charge is 2.40. The van der Waals surface area contributed by atoms with Crippen LogP contribution in [0.15, 0.2) is 6.07 Å². The standard InChI is InChI=1S/C13H19N3O4/c1-9-7-10(16(2)15-9)11(17)14-8-13(12(18)19)3-5-20-6-4-13/h7H,3-6,8H2,1-2H3,(H,14,17)(H,18,19). The molecule has 0 saturated carbocycles. The molecule has 0 unspecified atom stereocenters. The van der Waals surface area contributed by atoms with Crippen molar-refractivity contribution < 1.29 is 19.4 Å². The van der Waals surface area contributed by atoms with Gasteiger partial charge in [-0.2, -0.15) is 5.10 Å². The first-order valence-corrected chi connectivity index (χ1v) is 6.55. The SMILES string of the molecule is Cc1cc(C(=O)NCC2(C(=O)O)CCOCC2)n(C)n1. The molecule has 0 radical (unpaired) electrons. The molecule has 0 atom stereocenters. The molecule has 20 heavy (non-hydrogen) atoms. The zero-order valence-corrected chi connectivity index (χ0v) is 11.7. The summed E-state index contributed by atoms with van der Waals surface area (Å²) in [5.74, 6) is -1.19. The second-order valence-electron chi connectivity index (χ2n) is 5.18. The van der Waals surface area contributed by atoms with Crippen LogP contribution in [-0.2, 0) is 16.6 Å². The summed E-state index contributed by atoms with van der Waals surface area (Å²) in [7, 11) is 1.68. The number of amides is 1. The van der Waals surface area contributed by atoms with Crippen LogP contribution in [0, 0.1) is 12.3 Å². The highest BCUT2D eigenvalue weighted by Crippen LogP contribution is 2.30. The van der Waals surface area contributed by atoms with Crippen LogP contribution in [0.25, 0.3) is 0 Å². The van der Waals surface area contributed by atoms with Gasteiger partial charge in [0.15, 0.2) is 0 Å². The molecule has 2 N–H and O–H groups in total. The van der Waals surface area contributed by atoms with Gasteiger partial charge < -0.3 is 15.2 Å². The number of nitrogens with zero attached hydrogens (tertiary/aromatic N) is 2. The van der Waals surface area contributed by atoms with E-state index in [-0.39, 0.29) is 12.5 Å². The van der Waals surface area contributed by atoms with Crippen molar-refractivity contribution in [3.63, 3.8) is 0 Å². The first-order valence-electron chi connectivity index (χ1n) is 6.55. The Kier molecular flexibility index (Phi) is 4.08. The second-order valence-corrected chi connectivity index (χ2v) is 5.18. The summed E-state index contributed by atoms with van der Waals surface area (Å²) in [6.45, 7) is 2.72. The number of nitrogens with one attached hydrogen (secondary N) is 1. The molecule has 1 aliphatic rings. The maximum atomic E-state index is 12.1. The number of aromatic nitrogens is 2. The molecular weight excluding hydrogens is 262 g/mol. The molecule has 1 amide bonds. The summed E-state index contributed by atoms with van der Waals surface area (Å²) in [6.07, 6.45) is 0.820. The Labute approximate surface area is 116 Å². The molecule has 1 aromatic rings. The number of aliphatic carboxylic acids is 1. The molecule has 0 aliphatic carbocycles. The number of rotatable bonds is 4. The van der Waals surface area contributed by atoms with Crippen molar-refractivity contribution >= 4 is 11.9 Å². The van der Waals surface area contributed by atoms with Gasteiger partial charge in [-0.1, -0.05) is 0 Å². The van der Waals surface area contributed by atoms with Gasteiger partial charge in [0.05, 0.1) is 11.1 Å². The van der Waals surface area contributed by atoms with Crippen molar-refractivity contribution in [3.8, 4) is 0 Å². The lowest BCUT2D eigenvalue weighted by Gasteiger charge is -2.33. The van der Waals surface area contributed by atoms with E-state index in [9.17, 15) is 14.7 Å². The summed E-state index contributed by atoms with van der Waals surface area (Å²) in [6, 6.07) is 1.67. The number of carbonyl (C=O) groups is 2. The number of carbonyl (C=O) groups excluding carboxylic acids is 1. The van der Waals surface area contributed by atoms with E-state index in [2.05, 4.69) is 10.4 Å². The van der Waals surface area contributed by atoms with Crippen molar-refractivity contribution in [2.24, 2.45) is 12.5 Å². The van der Waals surface area contributed by atoms with E-state index >= 15 is 0 Å². The maximum absolute atomic E-state index is 12.1. The predicted octanol–water partition coefficient (Wildman–Crippen LogP) is 0.340. The summed E-state index contributed by atoms with van der Waals surface area (Å²) >= 11 is 0. The number of hydrogen-bond donors (Lipinski definition) is 2. The van der Waals surface area contributed by atoms with Gasteiger partial charge in [-0.05, 0) is 25.8 Å². The van der Waals surface area contributed by atoms with E-state index in [1.165, 1.54) is 4.68 Å². The first-order chi connectivity index (χ1) is 9.44. The zero-order valence-electron chi connectivity index (χ0n) is 11.7. The Hall–Kier alpha value is -1.89. The van der Waals surface area contributed by atoms with E-state index in [1.54, 1.807) is 20.0 Å². The van der Waals surface area contributed by atoms with Crippen molar-refractivity contribution in [1.29, 1.82) is 0 Å². The monoisotopic (exact) mass is 281 g/mol. The first kappa shape index (κ1) is 14.5. The van der Waals surface area contributed by atoms with Crippen LogP contribution in [0.5, 0.6) is 0 Å². The smallest absolute Gasteiger partial charge is 0.311 e. The highest BCUT2D eigenvalue weighted by molar-refractivity contribution is 5.93. The van der Waals surface area contributed by atoms with Gasteiger partial charge in [-0.25, -0.2) is 0 Å². The summed E-state index contributed by atoms with van der Waals surface area (Å²) in [5.41, 5.74) is 0.244. The van der Waals surface area contributed by atoms with Crippen LogP contribution in [0.2, 0.25) is 0 Å². The molecule has 1 aromatic heterocycles. The highest BCUT2D eigenvalue weighted by atomic mass is 16.5. The quantitative estimate of drug-likeness (QED) is 0.830. The Morgan fingerprint density at radius 2 is 2.15 bits per heavy atom. The minimum atomic E-state index is -0.929. The molecule has 0 aromatic carbocycles. The average Bonchev–Trinajstić information content (AvgIpc) is 2.76. The Bertz CT molecular complexity index is 518. The zero-order chi connectivity index (χ0) is 14.8. The average molecular weight is 281 g/mol. The molecule has 2 heterocycles. The van der Waals surface area contributed by atoms with Crippen molar-refractivity contribution in [2.75, 3.05) is 19.8 Å². The molecular formula is C13H19N3O4. The molecule has 2 rings (SSSR count). The molecule has 1 fully saturated rings. The Balaban J connectivity index is 2.04. The lowest BCUT2D eigenvalue weighted by molar-refractivity contribution is -0.154. The van der Waals surface area contributed by atoms with E-state index in [0.29, 0.717) is 31.7 Å². The summed E-state index contributed by atoms with van der Waals surface area (Å²) in [4.78, 5) is 23.6. The molecule has 7 heteroatoms. The number of carboxylic acids is 1. The number of aryl methyl sites for hydroxylation is 2. The third kappa shape index (κ3) is 2.82. The number of carboxylic acid groups (broad SMARTS) is 1. The van der Waals surface area contributed by atoms with Crippen LogP contribution in [0.3, 0.4) is 0 Å². The van der Waals surface area contributed by atoms with Crippen molar-refractivity contribution in [1.82, 2.24) is 15.1 Å². The molecule has 7 nitrogen and oxygen atoms in total. The van der Waals surface area contributed by atoms with Gasteiger partial charge in [-0.3, -0.25) is 14.3 Å². The molecule has 1 saturated heterocycles. The minimum absolute atomic E-state index is 0.106. The number of hydrogen-bond acceptors (Lipinski definition) is 4. The van der Waals surface area contributed by atoms with Gasteiger partial charge in [-0.15, -0.1) is 0 Å². The molecule has 0 bridgehead atoms. The molecule has 0 spiro atoms. The summed E-state index contributed by atoms with van der Waals surface area (Å²) in [5, 5.41) is 16.2. The fourth-order valence-electron chi connectivity index (χ4n) is 2.39. The maximum Gasteiger partial charge on any atom is 0.311 e. The summed E-state index contributed by atoms with van der Waals surface area (Å²) < 4.78 is 6.69. The van der Waals surface area contributed by atoms with Crippen molar-refractivity contribution in [2.45, 2.75) is 19.8 Å². The lowest BCUT2D eigenvalue weighted by atomic mass is 9.80. The largest absolute Gasteiger partial charge is 0.481 e. The molecule has 1 aliphatic heterocycles. The normalized spacial score (nSPS) is 17.7. The van der Waals surface area contributed by atoms with E-state index in [0.717, 1.165) is 5.69 Å². The number of ether oxygens (including phenoxy) is 1. The van der Waals surface area contributed by atoms with Gasteiger partial charge in [0.25, 0.3) is 5.91 Å². The fraction of sp³-hybridized carbons (Fsp3) is 0.615.